The lowest BCUT2D eigenvalue weighted by Crippen LogP contribution is -2.32. The van der Waals surface area contributed by atoms with Gasteiger partial charge in [-0.15, -0.1) is 0 Å². The van der Waals surface area contributed by atoms with E-state index in [1.807, 2.05) is 38.2 Å². The molecule has 3 rings (SSSR count). The molecule has 1 saturated heterocycles. The molecule has 2 aromatic rings. The highest BCUT2D eigenvalue weighted by atomic mass is 32.2. The van der Waals surface area contributed by atoms with Crippen LogP contribution in [0, 0.1) is 6.92 Å². The second-order valence-corrected chi connectivity index (χ2v) is 8.59. The van der Waals surface area contributed by atoms with E-state index in [4.69, 9.17) is 4.74 Å². The molecule has 0 amide bonds. The van der Waals surface area contributed by atoms with E-state index in [0.29, 0.717) is 11.5 Å². The van der Waals surface area contributed by atoms with Crippen LogP contribution in [0.4, 0.5) is 0 Å². The van der Waals surface area contributed by atoms with E-state index in [9.17, 15) is 8.42 Å². The Morgan fingerprint density at radius 1 is 1.33 bits per heavy atom. The van der Waals surface area contributed by atoms with Gasteiger partial charge in [-0.3, -0.25) is 9.88 Å². The van der Waals surface area contributed by atoms with Crippen LogP contribution in [-0.2, 0) is 16.4 Å². The number of hydrogen-bond acceptors (Lipinski definition) is 5. The van der Waals surface area contributed by atoms with E-state index < -0.39 is 9.84 Å². The summed E-state index contributed by atoms with van der Waals surface area (Å²) in [4.78, 5) is 6.17. The van der Waals surface area contributed by atoms with Crippen LogP contribution in [0.1, 0.15) is 17.5 Å². The molecule has 5 nitrogen and oxygen atoms in total. The lowest BCUT2D eigenvalue weighted by atomic mass is 10.1. The Balaban J connectivity index is 1.66. The zero-order valence-electron chi connectivity index (χ0n) is 14.0. The fourth-order valence-electron chi connectivity index (χ4n) is 3.00. The molecule has 0 radical (unpaired) electrons. The van der Waals surface area contributed by atoms with Crippen LogP contribution < -0.4 is 4.74 Å². The maximum absolute atomic E-state index is 11.6. The molecule has 0 bridgehead atoms. The van der Waals surface area contributed by atoms with Gasteiger partial charge in [0, 0.05) is 18.8 Å². The lowest BCUT2D eigenvalue weighted by Gasteiger charge is -2.23. The molecule has 0 unspecified atom stereocenters. The van der Waals surface area contributed by atoms with Gasteiger partial charge in [0.25, 0.3) is 0 Å². The van der Waals surface area contributed by atoms with E-state index >= 15 is 0 Å². The fourth-order valence-corrected chi connectivity index (χ4v) is 4.80. The van der Waals surface area contributed by atoms with Crippen molar-refractivity contribution < 1.29 is 13.2 Å². The molecule has 1 aromatic carbocycles. The van der Waals surface area contributed by atoms with Gasteiger partial charge in [0.15, 0.2) is 9.84 Å². The van der Waals surface area contributed by atoms with Crippen molar-refractivity contribution in [2.24, 2.45) is 0 Å². The molecular formula is C18H22N2O3S. The normalized spacial score (nSPS) is 19.5. The van der Waals surface area contributed by atoms with Gasteiger partial charge in [-0.1, -0.05) is 12.1 Å². The number of pyridine rings is 1. The van der Waals surface area contributed by atoms with Crippen molar-refractivity contribution >= 4 is 9.84 Å². The standard InChI is InChI=1S/C18H22N2O3S/c1-14-10-15(12-20(2)16-7-9-24(21,22)13-16)5-6-18(14)23-17-4-3-8-19-11-17/h3-6,8,10-11,16H,7,9,12-13H2,1-2H3/t16-/m0/s1. The van der Waals surface area contributed by atoms with E-state index in [-0.39, 0.29) is 11.8 Å². The van der Waals surface area contributed by atoms with E-state index in [0.717, 1.165) is 29.8 Å². The Kier molecular flexibility index (Phi) is 4.87. The Bertz CT molecular complexity index is 806. The summed E-state index contributed by atoms with van der Waals surface area (Å²) >= 11 is 0. The van der Waals surface area contributed by atoms with E-state index in [2.05, 4.69) is 16.0 Å². The summed E-state index contributed by atoms with van der Waals surface area (Å²) in [5, 5.41) is 0. The number of aryl methyl sites for hydroxylation is 1. The fraction of sp³-hybridized carbons (Fsp3) is 0.389. The molecule has 128 valence electrons. The molecule has 1 aliphatic rings. The molecule has 1 aliphatic heterocycles. The van der Waals surface area contributed by atoms with Crippen molar-refractivity contribution in [2.45, 2.75) is 25.9 Å². The van der Waals surface area contributed by atoms with Gasteiger partial charge >= 0.3 is 0 Å². The summed E-state index contributed by atoms with van der Waals surface area (Å²) in [7, 11) is -0.863. The largest absolute Gasteiger partial charge is 0.455 e. The third-order valence-electron chi connectivity index (χ3n) is 4.37. The van der Waals surface area contributed by atoms with Crippen LogP contribution in [0.3, 0.4) is 0 Å². The second-order valence-electron chi connectivity index (χ2n) is 6.36. The number of aromatic nitrogens is 1. The molecule has 1 aromatic heterocycles. The summed E-state index contributed by atoms with van der Waals surface area (Å²) in [6.45, 7) is 2.74. The number of nitrogens with zero attached hydrogens (tertiary/aromatic N) is 2. The topological polar surface area (TPSA) is 59.5 Å². The molecule has 0 saturated carbocycles. The predicted octanol–water partition coefficient (Wildman–Crippen LogP) is 2.80. The third kappa shape index (κ3) is 4.13. The van der Waals surface area contributed by atoms with Gasteiger partial charge in [0.05, 0.1) is 17.7 Å². The number of sulfone groups is 1. The Labute approximate surface area is 143 Å². The zero-order valence-corrected chi connectivity index (χ0v) is 14.8. The molecule has 0 aliphatic carbocycles. The summed E-state index contributed by atoms with van der Waals surface area (Å²) < 4.78 is 29.1. The van der Waals surface area contributed by atoms with Crippen LogP contribution in [0.2, 0.25) is 0 Å². The van der Waals surface area contributed by atoms with Crippen molar-refractivity contribution in [3.8, 4) is 11.5 Å². The Morgan fingerprint density at radius 3 is 2.79 bits per heavy atom. The third-order valence-corrected chi connectivity index (χ3v) is 6.12. The minimum Gasteiger partial charge on any atom is -0.455 e. The number of benzene rings is 1. The second kappa shape index (κ2) is 6.91. The smallest absolute Gasteiger partial charge is 0.151 e. The maximum atomic E-state index is 11.6. The highest BCUT2D eigenvalue weighted by Gasteiger charge is 2.30. The molecular weight excluding hydrogens is 324 g/mol. The average Bonchev–Trinajstić information content (AvgIpc) is 2.91. The van der Waals surface area contributed by atoms with E-state index in [1.54, 1.807) is 12.4 Å². The van der Waals surface area contributed by atoms with Crippen molar-refractivity contribution in [1.29, 1.82) is 0 Å². The summed E-state index contributed by atoms with van der Waals surface area (Å²) in [6, 6.07) is 9.89. The first-order valence-electron chi connectivity index (χ1n) is 8.01. The maximum Gasteiger partial charge on any atom is 0.151 e. The summed E-state index contributed by atoms with van der Waals surface area (Å²) in [5.74, 6) is 2.09. The van der Waals surface area contributed by atoms with Crippen LogP contribution in [-0.4, -0.2) is 42.9 Å². The molecule has 0 spiro atoms. The molecule has 24 heavy (non-hydrogen) atoms. The quantitative estimate of drug-likeness (QED) is 0.833. The minimum absolute atomic E-state index is 0.113. The van der Waals surface area contributed by atoms with Crippen molar-refractivity contribution in [3.05, 3.63) is 53.9 Å². The predicted molar refractivity (Wildman–Crippen MR) is 94.0 cm³/mol. The molecule has 6 heteroatoms. The molecule has 1 fully saturated rings. The number of rotatable bonds is 5. The van der Waals surface area contributed by atoms with Crippen LogP contribution in [0.15, 0.2) is 42.7 Å². The Hall–Kier alpha value is -1.92. The first-order valence-corrected chi connectivity index (χ1v) is 9.83. The van der Waals surface area contributed by atoms with Crippen molar-refractivity contribution in [3.63, 3.8) is 0 Å². The number of hydrogen-bond donors (Lipinski definition) is 0. The summed E-state index contributed by atoms with van der Waals surface area (Å²) in [6.07, 6.45) is 4.11. The average molecular weight is 346 g/mol. The van der Waals surface area contributed by atoms with Gasteiger partial charge in [-0.2, -0.15) is 0 Å². The molecule has 2 heterocycles. The number of ether oxygens (including phenoxy) is 1. The van der Waals surface area contributed by atoms with Crippen LogP contribution >= 0.6 is 0 Å². The lowest BCUT2D eigenvalue weighted by molar-refractivity contribution is 0.254. The van der Waals surface area contributed by atoms with Crippen LogP contribution in [0.5, 0.6) is 11.5 Å². The van der Waals surface area contributed by atoms with Crippen molar-refractivity contribution in [2.75, 3.05) is 18.6 Å². The van der Waals surface area contributed by atoms with Gasteiger partial charge in [0.2, 0.25) is 0 Å². The Morgan fingerprint density at radius 2 is 2.17 bits per heavy atom. The minimum atomic E-state index is -2.85. The summed E-state index contributed by atoms with van der Waals surface area (Å²) in [5.41, 5.74) is 2.20. The highest BCUT2D eigenvalue weighted by Crippen LogP contribution is 2.26. The highest BCUT2D eigenvalue weighted by molar-refractivity contribution is 7.91. The first-order chi connectivity index (χ1) is 11.4. The zero-order chi connectivity index (χ0) is 17.2. The van der Waals surface area contributed by atoms with Gasteiger partial charge in [-0.05, 0) is 49.7 Å². The van der Waals surface area contributed by atoms with Crippen LogP contribution in [0.25, 0.3) is 0 Å². The van der Waals surface area contributed by atoms with Crippen molar-refractivity contribution in [1.82, 2.24) is 9.88 Å². The van der Waals surface area contributed by atoms with Gasteiger partial charge in [0.1, 0.15) is 11.5 Å². The first kappa shape index (κ1) is 16.9. The van der Waals surface area contributed by atoms with Gasteiger partial charge in [-0.25, -0.2) is 8.42 Å². The van der Waals surface area contributed by atoms with Gasteiger partial charge < -0.3 is 4.74 Å². The molecule has 1 atom stereocenters. The SMILES string of the molecule is Cc1cc(CN(C)[C@H]2CCS(=O)(=O)C2)ccc1Oc1cccnc1. The monoisotopic (exact) mass is 346 g/mol. The molecule has 0 N–H and O–H groups in total. The van der Waals surface area contributed by atoms with E-state index in [1.165, 1.54) is 0 Å².